The van der Waals surface area contributed by atoms with Crippen LogP contribution >= 0.6 is 23.4 Å². The van der Waals surface area contributed by atoms with Gasteiger partial charge < -0.3 is 19.8 Å². The van der Waals surface area contributed by atoms with E-state index in [0.29, 0.717) is 27.4 Å². The maximum atomic E-state index is 12.7. The Hall–Kier alpha value is -3.16. The number of anilines is 1. The van der Waals surface area contributed by atoms with Crippen molar-refractivity contribution in [3.05, 3.63) is 65.2 Å². The van der Waals surface area contributed by atoms with Crippen molar-refractivity contribution in [2.75, 3.05) is 19.5 Å². The fourth-order valence-electron chi connectivity index (χ4n) is 3.45. The zero-order chi connectivity index (χ0) is 23.5. The molecule has 0 saturated carbocycles. The number of aromatic amines is 1. The van der Waals surface area contributed by atoms with Crippen LogP contribution in [0, 0.1) is 6.92 Å². The predicted octanol–water partition coefficient (Wildman–Crippen LogP) is 6.33. The van der Waals surface area contributed by atoms with E-state index in [2.05, 4.69) is 15.3 Å². The zero-order valence-electron chi connectivity index (χ0n) is 18.7. The number of hydrogen-bond acceptors (Lipinski definition) is 5. The largest absolute Gasteiger partial charge is 0.497 e. The number of fused-ring (bicyclic) bond motifs is 1. The van der Waals surface area contributed by atoms with Gasteiger partial charge in [0.1, 0.15) is 11.5 Å². The highest BCUT2D eigenvalue weighted by Gasteiger charge is 2.19. The number of aryl methyl sites for hydroxylation is 1. The highest BCUT2D eigenvalue weighted by molar-refractivity contribution is 8.00. The van der Waals surface area contributed by atoms with Crippen molar-refractivity contribution >= 4 is 46.0 Å². The van der Waals surface area contributed by atoms with Crippen molar-refractivity contribution in [1.29, 1.82) is 0 Å². The molecular formula is C25H24ClN3O3S. The van der Waals surface area contributed by atoms with Crippen LogP contribution in [0.2, 0.25) is 5.02 Å². The Kier molecular flexibility index (Phi) is 6.81. The first-order valence-corrected chi connectivity index (χ1v) is 11.6. The molecule has 1 atom stereocenters. The van der Waals surface area contributed by atoms with E-state index in [1.165, 1.54) is 11.8 Å². The van der Waals surface area contributed by atoms with Gasteiger partial charge in [-0.2, -0.15) is 0 Å². The number of carbonyl (C=O) groups is 1. The number of para-hydroxylation sites is 1. The van der Waals surface area contributed by atoms with E-state index >= 15 is 0 Å². The number of methoxy groups -OCH3 is 2. The average Bonchev–Trinajstić information content (AvgIpc) is 3.22. The highest BCUT2D eigenvalue weighted by atomic mass is 35.5. The molecule has 1 heterocycles. The Balaban J connectivity index is 1.58. The van der Waals surface area contributed by atoms with Crippen LogP contribution in [0.1, 0.15) is 12.5 Å². The predicted molar refractivity (Wildman–Crippen MR) is 135 cm³/mol. The second-order valence-corrected chi connectivity index (χ2v) is 9.31. The van der Waals surface area contributed by atoms with E-state index in [0.717, 1.165) is 27.7 Å². The summed E-state index contributed by atoms with van der Waals surface area (Å²) >= 11 is 7.61. The number of rotatable bonds is 7. The van der Waals surface area contributed by atoms with Crippen molar-refractivity contribution in [3.8, 4) is 22.6 Å². The Morgan fingerprint density at radius 2 is 1.82 bits per heavy atom. The summed E-state index contributed by atoms with van der Waals surface area (Å²) in [6.45, 7) is 3.79. The average molecular weight is 482 g/mol. The minimum atomic E-state index is -0.386. The first kappa shape index (κ1) is 23.0. The van der Waals surface area contributed by atoms with E-state index in [1.807, 2.05) is 68.4 Å². The molecule has 0 radical (unpaired) electrons. The molecule has 0 aliphatic rings. The van der Waals surface area contributed by atoms with Gasteiger partial charge in [0.25, 0.3) is 0 Å². The van der Waals surface area contributed by atoms with Gasteiger partial charge in [0.05, 0.1) is 41.2 Å². The van der Waals surface area contributed by atoms with Gasteiger partial charge in [-0.25, -0.2) is 4.98 Å². The first-order valence-electron chi connectivity index (χ1n) is 10.3. The van der Waals surface area contributed by atoms with Crippen LogP contribution in [-0.4, -0.2) is 35.3 Å². The molecule has 1 aromatic heterocycles. The molecule has 2 N–H and O–H groups in total. The standard InChI is InChI=1S/C25H24ClN3O3S/c1-14-8-9-21(20(26)10-14)27-24(30)15(2)33-25-28-22-7-5-6-19(23(22)29-25)16-11-17(31-3)13-18(12-16)32-4/h5-13,15H,1-4H3,(H,27,30)(H,28,29). The molecule has 33 heavy (non-hydrogen) atoms. The van der Waals surface area contributed by atoms with E-state index < -0.39 is 0 Å². The smallest absolute Gasteiger partial charge is 0.237 e. The van der Waals surface area contributed by atoms with Gasteiger partial charge in [-0.3, -0.25) is 4.79 Å². The number of benzene rings is 3. The van der Waals surface area contributed by atoms with Gasteiger partial charge in [-0.15, -0.1) is 0 Å². The fourth-order valence-corrected chi connectivity index (χ4v) is 4.54. The quantitative estimate of drug-likeness (QED) is 0.302. The van der Waals surface area contributed by atoms with Gasteiger partial charge in [-0.1, -0.05) is 41.6 Å². The monoisotopic (exact) mass is 481 g/mol. The first-order chi connectivity index (χ1) is 15.9. The summed E-state index contributed by atoms with van der Waals surface area (Å²) in [5, 5.41) is 3.68. The molecule has 4 aromatic rings. The summed E-state index contributed by atoms with van der Waals surface area (Å²) in [6.07, 6.45) is 0. The van der Waals surface area contributed by atoms with E-state index in [-0.39, 0.29) is 11.2 Å². The summed E-state index contributed by atoms with van der Waals surface area (Å²) in [4.78, 5) is 20.8. The number of hydrogen-bond donors (Lipinski definition) is 2. The van der Waals surface area contributed by atoms with Gasteiger partial charge in [-0.05, 0) is 55.3 Å². The molecule has 6 nitrogen and oxygen atoms in total. The van der Waals surface area contributed by atoms with Gasteiger partial charge in [0.15, 0.2) is 5.16 Å². The molecule has 0 fully saturated rings. The third-order valence-electron chi connectivity index (χ3n) is 5.20. The summed E-state index contributed by atoms with van der Waals surface area (Å²) in [5.74, 6) is 1.26. The van der Waals surface area contributed by atoms with Crippen LogP contribution in [0.5, 0.6) is 11.5 Å². The molecule has 0 bridgehead atoms. The number of carbonyl (C=O) groups excluding carboxylic acids is 1. The third kappa shape index (κ3) is 5.10. The van der Waals surface area contributed by atoms with Crippen LogP contribution in [-0.2, 0) is 4.79 Å². The minimum absolute atomic E-state index is 0.149. The van der Waals surface area contributed by atoms with Gasteiger partial charge >= 0.3 is 0 Å². The van der Waals surface area contributed by atoms with Crippen LogP contribution < -0.4 is 14.8 Å². The number of amides is 1. The molecule has 1 amide bonds. The number of nitrogens with zero attached hydrogens (tertiary/aromatic N) is 1. The number of halogens is 1. The number of aromatic nitrogens is 2. The summed E-state index contributed by atoms with van der Waals surface area (Å²) in [6, 6.07) is 17.2. The SMILES string of the molecule is COc1cc(OC)cc(-c2cccc3nc(SC(C)C(=O)Nc4ccc(C)cc4Cl)[nH]c23)c1. The number of H-pyrrole nitrogens is 1. The summed E-state index contributed by atoms with van der Waals surface area (Å²) in [7, 11) is 3.25. The molecule has 3 aromatic carbocycles. The lowest BCUT2D eigenvalue weighted by Gasteiger charge is -2.12. The highest BCUT2D eigenvalue weighted by Crippen LogP contribution is 2.35. The lowest BCUT2D eigenvalue weighted by molar-refractivity contribution is -0.115. The molecule has 0 saturated heterocycles. The van der Waals surface area contributed by atoms with Crippen molar-refractivity contribution in [2.45, 2.75) is 24.3 Å². The van der Waals surface area contributed by atoms with Crippen molar-refractivity contribution in [1.82, 2.24) is 9.97 Å². The molecule has 0 aliphatic carbocycles. The van der Waals surface area contributed by atoms with Crippen LogP contribution in [0.15, 0.2) is 59.8 Å². The van der Waals surface area contributed by atoms with Crippen molar-refractivity contribution in [3.63, 3.8) is 0 Å². The molecule has 0 spiro atoms. The lowest BCUT2D eigenvalue weighted by atomic mass is 10.0. The van der Waals surface area contributed by atoms with Gasteiger partial charge in [0.2, 0.25) is 5.91 Å². The lowest BCUT2D eigenvalue weighted by Crippen LogP contribution is -2.22. The Morgan fingerprint density at radius 1 is 1.09 bits per heavy atom. The Bertz CT molecular complexity index is 1300. The van der Waals surface area contributed by atoms with Crippen LogP contribution in [0.4, 0.5) is 5.69 Å². The van der Waals surface area contributed by atoms with Crippen molar-refractivity contribution in [2.24, 2.45) is 0 Å². The third-order valence-corrected chi connectivity index (χ3v) is 6.50. The number of thioether (sulfide) groups is 1. The van der Waals surface area contributed by atoms with E-state index in [4.69, 9.17) is 21.1 Å². The minimum Gasteiger partial charge on any atom is -0.497 e. The molecule has 170 valence electrons. The number of ether oxygens (including phenoxy) is 2. The Morgan fingerprint density at radius 3 is 2.48 bits per heavy atom. The van der Waals surface area contributed by atoms with Crippen LogP contribution in [0.3, 0.4) is 0 Å². The normalized spacial score (nSPS) is 11.9. The number of nitrogens with one attached hydrogen (secondary N) is 2. The maximum Gasteiger partial charge on any atom is 0.237 e. The van der Waals surface area contributed by atoms with Gasteiger partial charge in [0, 0.05) is 11.6 Å². The molecule has 0 aliphatic heterocycles. The molecular weight excluding hydrogens is 458 g/mol. The van der Waals surface area contributed by atoms with Crippen molar-refractivity contribution < 1.29 is 14.3 Å². The van der Waals surface area contributed by atoms with E-state index in [1.54, 1.807) is 14.2 Å². The second-order valence-electron chi connectivity index (χ2n) is 7.58. The Labute approximate surface area is 201 Å². The fraction of sp³-hybridized carbons (Fsp3) is 0.200. The summed E-state index contributed by atoms with van der Waals surface area (Å²) in [5.41, 5.74) is 5.23. The maximum absolute atomic E-state index is 12.7. The van der Waals surface area contributed by atoms with E-state index in [9.17, 15) is 4.79 Å². The topological polar surface area (TPSA) is 76.2 Å². The molecule has 8 heteroatoms. The summed E-state index contributed by atoms with van der Waals surface area (Å²) < 4.78 is 10.8. The molecule has 1 unspecified atom stereocenters. The molecule has 4 rings (SSSR count). The zero-order valence-corrected chi connectivity index (χ0v) is 20.3. The second kappa shape index (κ2) is 9.77. The number of imidazole rings is 1. The van der Waals surface area contributed by atoms with Crippen LogP contribution in [0.25, 0.3) is 22.2 Å².